The van der Waals surface area contributed by atoms with Gasteiger partial charge in [0.15, 0.2) is 41.9 Å². The number of alkyl halides is 2. The van der Waals surface area contributed by atoms with Crippen LogP contribution in [0.1, 0.15) is 12.5 Å². The van der Waals surface area contributed by atoms with Crippen molar-refractivity contribution in [1.29, 1.82) is 0 Å². The summed E-state index contributed by atoms with van der Waals surface area (Å²) in [5, 5.41) is 0. The van der Waals surface area contributed by atoms with Gasteiger partial charge >= 0.3 is 17.0 Å². The van der Waals surface area contributed by atoms with Gasteiger partial charge in [0.25, 0.3) is 0 Å². The van der Waals surface area contributed by atoms with Crippen molar-refractivity contribution in [1.82, 2.24) is 38.8 Å². The Kier molecular flexibility index (Phi) is 7.27. The van der Waals surface area contributed by atoms with Gasteiger partial charge in [-0.25, -0.2) is 37.9 Å². The van der Waals surface area contributed by atoms with Crippen molar-refractivity contribution >= 4 is 62.7 Å². The molecule has 44 heavy (non-hydrogen) atoms. The lowest BCUT2D eigenvalue weighted by molar-refractivity contribution is -0.0454. The predicted molar refractivity (Wildman–Crippen MR) is 148 cm³/mol. The first-order valence-corrected chi connectivity index (χ1v) is 16.8. The van der Waals surface area contributed by atoms with Gasteiger partial charge in [-0.2, -0.15) is 13.1 Å². The zero-order valence-electron chi connectivity index (χ0n) is 22.0. The van der Waals surface area contributed by atoms with E-state index in [0.717, 1.165) is 6.33 Å². The number of anilines is 2. The molecule has 4 aromatic heterocycles. The second kappa shape index (κ2) is 10.8. The van der Waals surface area contributed by atoms with Crippen molar-refractivity contribution in [3.8, 4) is 0 Å². The molecule has 0 saturated carbocycles. The van der Waals surface area contributed by atoms with Crippen LogP contribution in [0.2, 0.25) is 0 Å². The Balaban J connectivity index is 1.17. The molecule has 0 amide bonds. The number of ether oxygens (including phenoxy) is 2. The molecule has 236 valence electrons. The molecule has 3 aliphatic rings. The average molecular weight is 677 g/mol. The van der Waals surface area contributed by atoms with Gasteiger partial charge in [-0.05, 0) is 17.9 Å². The van der Waals surface area contributed by atoms with Crippen LogP contribution in [0.4, 0.5) is 20.3 Å². The minimum Gasteiger partial charge on any atom is -0.397 e. The third kappa shape index (κ3) is 5.09. The molecule has 3 saturated heterocycles. The lowest BCUT2D eigenvalue weighted by Gasteiger charge is -2.27. The Hall–Kier alpha value is -3.05. The first-order chi connectivity index (χ1) is 20.9. The molecule has 7 heterocycles. The molecule has 3 aliphatic heterocycles. The van der Waals surface area contributed by atoms with Gasteiger partial charge in [0, 0.05) is 12.7 Å². The van der Waals surface area contributed by atoms with Crippen molar-refractivity contribution < 1.29 is 44.8 Å². The van der Waals surface area contributed by atoms with Crippen LogP contribution in [0.15, 0.2) is 31.2 Å². The third-order valence-corrected chi connectivity index (χ3v) is 9.87. The quantitative estimate of drug-likeness (QED) is 0.200. The van der Waals surface area contributed by atoms with Crippen molar-refractivity contribution in [2.45, 2.75) is 49.2 Å². The lowest BCUT2D eigenvalue weighted by atomic mass is 10.1. The molecule has 0 radical (unpaired) electrons. The van der Waals surface area contributed by atoms with Gasteiger partial charge in [-0.3, -0.25) is 13.7 Å². The van der Waals surface area contributed by atoms with Gasteiger partial charge in [-0.1, -0.05) is 0 Å². The molecule has 23 heteroatoms. The Labute approximate surface area is 251 Å². The largest absolute Gasteiger partial charge is 0.397 e. The van der Waals surface area contributed by atoms with E-state index in [1.54, 1.807) is 0 Å². The fraction of sp³-hybridized carbons (Fsp3) is 0.476. The average Bonchev–Trinajstić information content (AvgIpc) is 3.73. The van der Waals surface area contributed by atoms with Gasteiger partial charge in [0.2, 0.25) is 0 Å². The van der Waals surface area contributed by atoms with Gasteiger partial charge < -0.3 is 30.4 Å². The standard InChI is InChI=1S/C21H23F2N10O8PS2/c22-11-15-9(38-20(11)33-7-30-14-17(25)27-5-28-19(14)33)3-31-44(35,36)41-16-10(4-37-42(34,43)40-15)39-21(12(16)23)32-6-29-13-8(24)1-2-26-18(13)32/h1-2,5-7,9-12,15-16,20-21,31H,3-4H2,(H2,24,26)(H,34,43)(H2,25,27,28)/t9-,10-,11-,12-,15-,16-,20-,21-,42?/m1/s1. The number of imidazole rings is 2. The zero-order valence-corrected chi connectivity index (χ0v) is 24.6. The summed E-state index contributed by atoms with van der Waals surface area (Å²) in [6.07, 6.45) is -8.34. The van der Waals surface area contributed by atoms with Gasteiger partial charge in [-0.15, -0.1) is 0 Å². The molecule has 7 rings (SSSR count). The summed E-state index contributed by atoms with van der Waals surface area (Å²) < 4.78 is 90.1. The number of halogens is 2. The molecule has 18 nitrogen and oxygen atoms in total. The van der Waals surface area contributed by atoms with Crippen LogP contribution in [0.25, 0.3) is 22.3 Å². The molecular formula is C21H23F2N10O8PS2. The fourth-order valence-electron chi connectivity index (χ4n) is 5.29. The predicted octanol–water partition coefficient (Wildman–Crippen LogP) is -0.242. The number of hydrogen-bond acceptors (Lipinski definition) is 15. The second-order valence-corrected chi connectivity index (χ2v) is 14.2. The summed E-state index contributed by atoms with van der Waals surface area (Å²) in [5.74, 6) is 0.0388. The van der Waals surface area contributed by atoms with Crippen molar-refractivity contribution in [2.75, 3.05) is 24.6 Å². The van der Waals surface area contributed by atoms with E-state index in [1.807, 2.05) is 0 Å². The van der Waals surface area contributed by atoms with Gasteiger partial charge in [0.1, 0.15) is 41.8 Å². The Morgan fingerprint density at radius 2 is 1.64 bits per heavy atom. The number of nitrogens with one attached hydrogen (secondary N) is 1. The van der Waals surface area contributed by atoms with E-state index in [1.165, 1.54) is 34.1 Å². The smallest absolute Gasteiger partial charge is 0.336 e. The van der Waals surface area contributed by atoms with E-state index in [0.29, 0.717) is 0 Å². The Morgan fingerprint density at radius 3 is 2.39 bits per heavy atom. The normalized spacial score (nSPS) is 36.1. The summed E-state index contributed by atoms with van der Waals surface area (Å²) >= 11 is 5.13. The molecule has 6 N–H and O–H groups in total. The van der Waals surface area contributed by atoms with Crippen LogP contribution in [0.5, 0.6) is 0 Å². The summed E-state index contributed by atoms with van der Waals surface area (Å²) in [6, 6.07) is 1.50. The van der Waals surface area contributed by atoms with Crippen LogP contribution in [-0.4, -0.2) is 97.3 Å². The highest BCUT2D eigenvalue weighted by Gasteiger charge is 2.53. The van der Waals surface area contributed by atoms with Crippen LogP contribution in [0, 0.1) is 0 Å². The molecule has 0 spiro atoms. The number of aromatic nitrogens is 7. The first-order valence-electron chi connectivity index (χ1n) is 12.8. The topological polar surface area (TPSA) is 239 Å². The maximum absolute atomic E-state index is 15.9. The molecule has 4 aromatic rings. The highest BCUT2D eigenvalue weighted by molar-refractivity contribution is 8.07. The minimum atomic E-state index is -4.72. The number of nitrogens with two attached hydrogens (primary N) is 2. The summed E-state index contributed by atoms with van der Waals surface area (Å²) in [4.78, 5) is 31.2. The van der Waals surface area contributed by atoms with E-state index >= 15 is 8.78 Å². The van der Waals surface area contributed by atoms with E-state index < -0.39 is 79.4 Å². The van der Waals surface area contributed by atoms with E-state index in [9.17, 15) is 13.3 Å². The van der Waals surface area contributed by atoms with Gasteiger partial charge in [0.05, 0.1) is 24.9 Å². The molecule has 9 atom stereocenters. The highest BCUT2D eigenvalue weighted by atomic mass is 32.5. The first kappa shape index (κ1) is 29.6. The van der Waals surface area contributed by atoms with E-state index in [2.05, 4.69) is 29.6 Å². The van der Waals surface area contributed by atoms with Crippen LogP contribution < -0.4 is 16.2 Å². The molecule has 0 aliphatic carbocycles. The maximum atomic E-state index is 15.9. The summed E-state index contributed by atoms with van der Waals surface area (Å²) in [5.41, 5.74) is 12.8. The number of nitrogens with zero attached hydrogens (tertiary/aromatic N) is 7. The molecule has 0 aromatic carbocycles. The summed E-state index contributed by atoms with van der Waals surface area (Å²) in [6.45, 7) is -5.59. The minimum absolute atomic E-state index is 0.0388. The fourth-order valence-corrected chi connectivity index (χ4v) is 7.68. The van der Waals surface area contributed by atoms with E-state index in [-0.39, 0.29) is 33.8 Å². The number of rotatable bonds is 2. The molecule has 0 bridgehead atoms. The SMILES string of the molecule is Nc1ccnc2c1ncn2[C@@H]1O[C@@H]2COP(O)(=S)O[C@H]3[C@@H](F)[C@H](n4cnc5c(N)ncnc54)O[C@@H]3CNS(=O)(=O)O[C@H]2[C@H]1F. The number of nitrogen functional groups attached to an aromatic ring is 2. The Morgan fingerprint density at radius 1 is 0.977 bits per heavy atom. The maximum Gasteiger partial charge on any atom is 0.336 e. The van der Waals surface area contributed by atoms with Crippen LogP contribution in [0.3, 0.4) is 0 Å². The van der Waals surface area contributed by atoms with Crippen LogP contribution in [-0.2, 0) is 44.8 Å². The number of pyridine rings is 1. The van der Waals surface area contributed by atoms with Crippen molar-refractivity contribution in [3.05, 3.63) is 31.2 Å². The van der Waals surface area contributed by atoms with Crippen LogP contribution >= 0.6 is 6.72 Å². The zero-order chi connectivity index (χ0) is 31.0. The lowest BCUT2D eigenvalue weighted by Crippen LogP contribution is -2.45. The number of hydrogen-bond donors (Lipinski definition) is 4. The summed E-state index contributed by atoms with van der Waals surface area (Å²) in [7, 11) is -4.72. The third-order valence-electron chi connectivity index (χ3n) is 7.32. The second-order valence-electron chi connectivity index (χ2n) is 10.0. The molecular weight excluding hydrogens is 653 g/mol. The monoisotopic (exact) mass is 676 g/mol. The van der Waals surface area contributed by atoms with Crippen molar-refractivity contribution in [2.24, 2.45) is 0 Å². The number of fused-ring (bicyclic) bond motifs is 4. The highest BCUT2D eigenvalue weighted by Crippen LogP contribution is 2.51. The van der Waals surface area contributed by atoms with E-state index in [4.69, 9.17) is 46.0 Å². The molecule has 1 unspecified atom stereocenters. The van der Waals surface area contributed by atoms with Crippen molar-refractivity contribution in [3.63, 3.8) is 0 Å². The molecule has 3 fully saturated rings. The Bertz CT molecular complexity index is 1900.